The van der Waals surface area contributed by atoms with Crippen molar-refractivity contribution in [2.75, 3.05) is 6.54 Å². The predicted octanol–water partition coefficient (Wildman–Crippen LogP) is 0.666. The minimum Gasteiger partial charge on any atom is -0.548 e. The molecule has 0 bridgehead atoms. The molecule has 0 radical (unpaired) electrons. The maximum absolute atomic E-state index is 11.1. The van der Waals surface area contributed by atoms with Gasteiger partial charge in [0.2, 0.25) is 0 Å². The molecule has 0 aromatic rings. The van der Waals surface area contributed by atoms with Gasteiger partial charge in [0.05, 0.1) is 5.97 Å². The zero-order valence-electron chi connectivity index (χ0n) is 15.7. The molecular weight excluding hydrogens is 285 g/mol. The Labute approximate surface area is 160 Å². The van der Waals surface area contributed by atoms with Gasteiger partial charge in [-0.25, -0.2) is 0 Å². The fraction of sp³-hybridized carbons (Fsp3) is 0.944. The van der Waals surface area contributed by atoms with Crippen molar-refractivity contribution in [3.05, 3.63) is 0 Å². The summed E-state index contributed by atoms with van der Waals surface area (Å²) in [6.45, 7) is 9.20. The predicted molar refractivity (Wildman–Crippen MR) is 88.1 cm³/mol. The molecule has 4 heteroatoms. The molecule has 0 aromatic heterocycles. The van der Waals surface area contributed by atoms with Crippen LogP contribution in [0.3, 0.4) is 0 Å². The van der Waals surface area contributed by atoms with Crippen LogP contribution in [-0.2, 0) is 4.79 Å². The van der Waals surface area contributed by atoms with E-state index in [9.17, 15) is 9.90 Å². The third kappa shape index (κ3) is 16.8. The summed E-state index contributed by atoms with van der Waals surface area (Å²) in [5.41, 5.74) is 0.0101. The van der Waals surface area contributed by atoms with E-state index in [1.165, 1.54) is 51.4 Å². The molecule has 0 aliphatic rings. The van der Waals surface area contributed by atoms with Gasteiger partial charge < -0.3 is 15.2 Å². The maximum atomic E-state index is 11.1. The molecule has 0 amide bonds. The Morgan fingerprint density at radius 2 is 1.41 bits per heavy atom. The zero-order chi connectivity index (χ0) is 16.1. The number of aliphatic carboxylic acids is 1. The number of carbonyl (C=O) groups excluding carboxylic acids is 1. The molecule has 0 heterocycles. The van der Waals surface area contributed by atoms with E-state index in [2.05, 4.69) is 33.0 Å². The van der Waals surface area contributed by atoms with Gasteiger partial charge in [0, 0.05) is 6.04 Å². The van der Waals surface area contributed by atoms with Gasteiger partial charge in [-0.2, -0.15) is 0 Å². The van der Waals surface area contributed by atoms with Gasteiger partial charge in [0.1, 0.15) is 0 Å². The Balaban J connectivity index is 0. The zero-order valence-corrected chi connectivity index (χ0v) is 17.7. The molecule has 0 aliphatic heterocycles. The molecule has 1 atom stereocenters. The summed E-state index contributed by atoms with van der Waals surface area (Å²) >= 11 is 0. The van der Waals surface area contributed by atoms with Gasteiger partial charge in [-0.05, 0) is 24.8 Å². The van der Waals surface area contributed by atoms with Crippen LogP contribution < -0.4 is 40.0 Å². The number of carboxylic acids is 1. The number of unbranched alkanes of at least 4 members (excludes halogenated alkanes) is 8. The molecule has 3 nitrogen and oxygen atoms in total. The Kier molecular flexibility index (Phi) is 16.8. The second-order valence-electron chi connectivity index (χ2n) is 7.42. The number of carboxylic acid groups (broad SMARTS) is 1. The Hall–Kier alpha value is 0.430. The largest absolute Gasteiger partial charge is 1.00 e. The average molecular weight is 321 g/mol. The topological polar surface area (TPSA) is 52.2 Å². The van der Waals surface area contributed by atoms with Crippen molar-refractivity contribution in [1.29, 1.82) is 0 Å². The van der Waals surface area contributed by atoms with Gasteiger partial charge in [0.25, 0.3) is 0 Å². The number of nitrogens with one attached hydrogen (secondary N) is 1. The SMILES string of the molecule is CCCCCCCCCCCN[C@@H](CC(C)(C)C)C(=O)[O-].[Na+]. The summed E-state index contributed by atoms with van der Waals surface area (Å²) in [5.74, 6) is -0.971. The van der Waals surface area contributed by atoms with E-state index in [4.69, 9.17) is 0 Å². The average Bonchev–Trinajstić information content (AvgIpc) is 2.38. The fourth-order valence-electron chi connectivity index (χ4n) is 2.56. The quantitative estimate of drug-likeness (QED) is 0.401. The third-order valence-corrected chi connectivity index (χ3v) is 3.77. The van der Waals surface area contributed by atoms with Gasteiger partial charge in [-0.1, -0.05) is 79.1 Å². The fourth-order valence-corrected chi connectivity index (χ4v) is 2.56. The number of rotatable bonds is 13. The van der Waals surface area contributed by atoms with Crippen LogP contribution in [0.1, 0.15) is 91.9 Å². The smallest absolute Gasteiger partial charge is 0.548 e. The van der Waals surface area contributed by atoms with E-state index in [1.54, 1.807) is 0 Å². The van der Waals surface area contributed by atoms with Crippen molar-refractivity contribution in [3.8, 4) is 0 Å². The minimum atomic E-state index is -0.971. The van der Waals surface area contributed by atoms with E-state index in [-0.39, 0.29) is 35.0 Å². The summed E-state index contributed by atoms with van der Waals surface area (Å²) in [7, 11) is 0. The van der Waals surface area contributed by atoms with Crippen LogP contribution in [0.5, 0.6) is 0 Å². The molecule has 0 aromatic carbocycles. The van der Waals surface area contributed by atoms with Crippen LogP contribution in [0, 0.1) is 5.41 Å². The van der Waals surface area contributed by atoms with Crippen molar-refractivity contribution in [1.82, 2.24) is 5.32 Å². The van der Waals surface area contributed by atoms with Crippen LogP contribution in [-0.4, -0.2) is 18.6 Å². The molecule has 0 aliphatic carbocycles. The molecule has 0 fully saturated rings. The molecule has 0 saturated carbocycles. The summed E-state index contributed by atoms with van der Waals surface area (Å²) in [5, 5.41) is 14.2. The number of carbonyl (C=O) groups is 1. The summed E-state index contributed by atoms with van der Waals surface area (Å²) in [6.07, 6.45) is 12.2. The molecule has 22 heavy (non-hydrogen) atoms. The van der Waals surface area contributed by atoms with Crippen LogP contribution in [0.2, 0.25) is 0 Å². The van der Waals surface area contributed by atoms with Crippen molar-refractivity contribution in [3.63, 3.8) is 0 Å². The van der Waals surface area contributed by atoms with Gasteiger partial charge in [-0.15, -0.1) is 0 Å². The van der Waals surface area contributed by atoms with Gasteiger partial charge in [0.15, 0.2) is 0 Å². The molecule has 0 unspecified atom stereocenters. The molecule has 0 spiro atoms. The summed E-state index contributed by atoms with van der Waals surface area (Å²) in [6, 6.07) is -0.515. The van der Waals surface area contributed by atoms with E-state index in [1.807, 2.05) is 0 Å². The monoisotopic (exact) mass is 321 g/mol. The van der Waals surface area contributed by atoms with E-state index < -0.39 is 12.0 Å². The van der Waals surface area contributed by atoms with Crippen LogP contribution in [0.4, 0.5) is 0 Å². The van der Waals surface area contributed by atoms with Crippen molar-refractivity contribution >= 4 is 5.97 Å². The maximum Gasteiger partial charge on any atom is 1.00 e. The van der Waals surface area contributed by atoms with Crippen LogP contribution in [0.15, 0.2) is 0 Å². The minimum absolute atomic E-state index is 0. The normalized spacial score (nSPS) is 12.7. The van der Waals surface area contributed by atoms with Crippen molar-refractivity contribution < 1.29 is 39.5 Å². The molecule has 1 N–H and O–H groups in total. The van der Waals surface area contributed by atoms with E-state index in [0.29, 0.717) is 6.42 Å². The Morgan fingerprint density at radius 1 is 0.955 bits per heavy atom. The standard InChI is InChI=1S/C18H37NO2.Na/c1-5-6-7-8-9-10-11-12-13-14-19-16(17(20)21)15-18(2,3)4;/h16,19H,5-15H2,1-4H3,(H,20,21);/q;+1/p-1/t16-;/m0./s1. The van der Waals surface area contributed by atoms with Crippen LogP contribution >= 0.6 is 0 Å². The second kappa shape index (κ2) is 15.0. The molecule has 126 valence electrons. The third-order valence-electron chi connectivity index (χ3n) is 3.77. The first-order valence-corrected chi connectivity index (χ1v) is 8.81. The first kappa shape index (κ1) is 24.7. The Bertz CT molecular complexity index is 264. The van der Waals surface area contributed by atoms with Crippen molar-refractivity contribution in [2.45, 2.75) is 97.9 Å². The van der Waals surface area contributed by atoms with Gasteiger partial charge in [-0.3, -0.25) is 0 Å². The summed E-state index contributed by atoms with van der Waals surface area (Å²) in [4.78, 5) is 11.1. The Morgan fingerprint density at radius 3 is 1.82 bits per heavy atom. The molecular formula is C18H36NNaO2. The second-order valence-corrected chi connectivity index (χ2v) is 7.42. The van der Waals surface area contributed by atoms with Crippen molar-refractivity contribution in [2.24, 2.45) is 5.41 Å². The first-order valence-electron chi connectivity index (χ1n) is 8.81. The number of hydrogen-bond acceptors (Lipinski definition) is 3. The molecule has 0 saturated heterocycles. The van der Waals surface area contributed by atoms with E-state index >= 15 is 0 Å². The first-order chi connectivity index (χ1) is 9.87. The summed E-state index contributed by atoms with van der Waals surface area (Å²) < 4.78 is 0. The molecule has 0 rings (SSSR count). The van der Waals surface area contributed by atoms with E-state index in [0.717, 1.165) is 13.0 Å². The van der Waals surface area contributed by atoms with Crippen LogP contribution in [0.25, 0.3) is 0 Å². The van der Waals surface area contributed by atoms with Gasteiger partial charge >= 0.3 is 29.6 Å². The number of hydrogen-bond donors (Lipinski definition) is 1.